The molecule has 104 valence electrons. The molecule has 0 atom stereocenters. The van der Waals surface area contributed by atoms with Crippen molar-refractivity contribution < 1.29 is 9.59 Å². The first-order valence-electron chi connectivity index (χ1n) is 6.06. The van der Waals surface area contributed by atoms with Crippen LogP contribution in [-0.4, -0.2) is 23.5 Å². The molecule has 19 heavy (non-hydrogen) atoms. The number of unbranched alkanes of at least 4 members (excludes halogenated alkanes) is 1. The molecule has 0 aliphatic heterocycles. The van der Waals surface area contributed by atoms with Crippen molar-refractivity contribution in [1.82, 2.24) is 21.2 Å². The average molecular weight is 282 g/mol. The van der Waals surface area contributed by atoms with Gasteiger partial charge >= 0.3 is 6.03 Å². The largest absolute Gasteiger partial charge is 0.337 e. The summed E-state index contributed by atoms with van der Waals surface area (Å²) in [6.45, 7) is 4.52. The fourth-order valence-electron chi connectivity index (χ4n) is 1.20. The molecule has 6 nitrogen and oxygen atoms in total. The molecular weight excluding hydrogens is 264 g/mol. The molecule has 0 aliphatic carbocycles. The highest BCUT2D eigenvalue weighted by molar-refractivity contribution is 7.09. The first kappa shape index (κ1) is 15.2. The van der Waals surface area contributed by atoms with Crippen molar-refractivity contribution in [2.45, 2.75) is 26.7 Å². The van der Waals surface area contributed by atoms with E-state index in [1.54, 1.807) is 6.08 Å². The van der Waals surface area contributed by atoms with E-state index in [0.29, 0.717) is 6.54 Å². The van der Waals surface area contributed by atoms with Gasteiger partial charge in [0.1, 0.15) is 0 Å². The van der Waals surface area contributed by atoms with Crippen LogP contribution in [0.15, 0.2) is 11.5 Å². The molecule has 0 saturated carbocycles. The van der Waals surface area contributed by atoms with E-state index in [1.165, 1.54) is 17.4 Å². The Morgan fingerprint density at radius 2 is 2.21 bits per heavy atom. The lowest BCUT2D eigenvalue weighted by atomic mass is 10.3. The quantitative estimate of drug-likeness (QED) is 0.436. The summed E-state index contributed by atoms with van der Waals surface area (Å²) in [6.07, 6.45) is 4.82. The SMILES string of the molecule is CCCCNC(=O)NNC(=O)C=Cc1csc(C)n1. The Morgan fingerprint density at radius 1 is 1.42 bits per heavy atom. The average Bonchev–Trinajstić information content (AvgIpc) is 2.80. The van der Waals surface area contributed by atoms with Crippen LogP contribution in [0.3, 0.4) is 0 Å². The van der Waals surface area contributed by atoms with Crippen molar-refractivity contribution in [3.63, 3.8) is 0 Å². The maximum Gasteiger partial charge on any atom is 0.333 e. The van der Waals surface area contributed by atoms with Crippen LogP contribution in [-0.2, 0) is 4.79 Å². The second-order valence-electron chi connectivity index (χ2n) is 3.85. The monoisotopic (exact) mass is 282 g/mol. The van der Waals surface area contributed by atoms with E-state index in [0.717, 1.165) is 23.5 Å². The van der Waals surface area contributed by atoms with E-state index in [4.69, 9.17) is 0 Å². The summed E-state index contributed by atoms with van der Waals surface area (Å²) in [5.41, 5.74) is 5.27. The number of hydrogen-bond acceptors (Lipinski definition) is 4. The van der Waals surface area contributed by atoms with Crippen LogP contribution in [0.5, 0.6) is 0 Å². The molecule has 1 rings (SSSR count). The molecule has 0 aliphatic rings. The van der Waals surface area contributed by atoms with Gasteiger partial charge in [-0.15, -0.1) is 11.3 Å². The minimum absolute atomic E-state index is 0.406. The Bertz CT molecular complexity index is 456. The molecule has 0 bridgehead atoms. The van der Waals surface area contributed by atoms with Gasteiger partial charge in [-0.1, -0.05) is 13.3 Å². The molecule has 0 fully saturated rings. The number of carbonyl (C=O) groups excluding carboxylic acids is 2. The van der Waals surface area contributed by atoms with Crippen molar-refractivity contribution in [2.75, 3.05) is 6.54 Å². The molecule has 0 radical (unpaired) electrons. The number of aromatic nitrogens is 1. The lowest BCUT2D eigenvalue weighted by Gasteiger charge is -2.06. The van der Waals surface area contributed by atoms with E-state index in [2.05, 4.69) is 21.2 Å². The van der Waals surface area contributed by atoms with Gasteiger partial charge < -0.3 is 5.32 Å². The van der Waals surface area contributed by atoms with E-state index in [9.17, 15) is 9.59 Å². The lowest BCUT2D eigenvalue weighted by molar-refractivity contribution is -0.117. The van der Waals surface area contributed by atoms with Crippen LogP contribution in [0.2, 0.25) is 0 Å². The number of thiazole rings is 1. The highest BCUT2D eigenvalue weighted by Crippen LogP contribution is 2.08. The molecule has 0 aromatic carbocycles. The maximum atomic E-state index is 11.4. The molecule has 1 aromatic heterocycles. The minimum atomic E-state index is -0.417. The first-order chi connectivity index (χ1) is 9.11. The van der Waals surface area contributed by atoms with Crippen LogP contribution >= 0.6 is 11.3 Å². The Labute approximate surface area is 116 Å². The van der Waals surface area contributed by atoms with Gasteiger partial charge in [-0.25, -0.2) is 15.2 Å². The number of nitrogens with zero attached hydrogens (tertiary/aromatic N) is 1. The second kappa shape index (κ2) is 8.25. The summed E-state index contributed by atoms with van der Waals surface area (Å²) in [5.74, 6) is -0.406. The van der Waals surface area contributed by atoms with E-state index >= 15 is 0 Å². The molecular formula is C12H18N4O2S. The summed E-state index contributed by atoms with van der Waals surface area (Å²) in [5, 5.41) is 5.41. The Morgan fingerprint density at radius 3 is 2.84 bits per heavy atom. The number of hydrogen-bond donors (Lipinski definition) is 3. The highest BCUT2D eigenvalue weighted by atomic mass is 32.1. The zero-order chi connectivity index (χ0) is 14.1. The number of urea groups is 1. The summed E-state index contributed by atoms with van der Waals surface area (Å²) < 4.78 is 0. The first-order valence-corrected chi connectivity index (χ1v) is 6.93. The maximum absolute atomic E-state index is 11.4. The third kappa shape index (κ3) is 6.56. The predicted octanol–water partition coefficient (Wildman–Crippen LogP) is 1.60. The zero-order valence-electron chi connectivity index (χ0n) is 11.0. The van der Waals surface area contributed by atoms with Crippen molar-refractivity contribution in [3.8, 4) is 0 Å². The van der Waals surface area contributed by atoms with Crippen molar-refractivity contribution in [2.24, 2.45) is 0 Å². The van der Waals surface area contributed by atoms with Crippen LogP contribution < -0.4 is 16.2 Å². The van der Waals surface area contributed by atoms with Gasteiger partial charge in [0.05, 0.1) is 10.7 Å². The van der Waals surface area contributed by atoms with Gasteiger partial charge in [0.15, 0.2) is 0 Å². The summed E-state index contributed by atoms with van der Waals surface area (Å²) in [6, 6.07) is -0.417. The number of aryl methyl sites for hydroxylation is 1. The molecule has 0 saturated heterocycles. The molecule has 1 aromatic rings. The Balaban J connectivity index is 2.24. The van der Waals surface area contributed by atoms with E-state index in [1.807, 2.05) is 19.2 Å². The number of rotatable bonds is 5. The number of hydrazine groups is 1. The van der Waals surface area contributed by atoms with E-state index in [-0.39, 0.29) is 0 Å². The van der Waals surface area contributed by atoms with Crippen molar-refractivity contribution in [1.29, 1.82) is 0 Å². The third-order valence-electron chi connectivity index (χ3n) is 2.16. The third-order valence-corrected chi connectivity index (χ3v) is 2.95. The topological polar surface area (TPSA) is 83.1 Å². The van der Waals surface area contributed by atoms with Gasteiger partial charge in [-0.2, -0.15) is 0 Å². The lowest BCUT2D eigenvalue weighted by Crippen LogP contribution is -2.46. The fraction of sp³-hybridized carbons (Fsp3) is 0.417. The fourth-order valence-corrected chi connectivity index (χ4v) is 1.78. The Hall–Kier alpha value is -1.89. The normalized spacial score (nSPS) is 10.4. The minimum Gasteiger partial charge on any atom is -0.337 e. The van der Waals surface area contributed by atoms with Gasteiger partial charge in [-0.3, -0.25) is 10.2 Å². The van der Waals surface area contributed by atoms with Crippen molar-refractivity contribution in [3.05, 3.63) is 22.2 Å². The van der Waals surface area contributed by atoms with Gasteiger partial charge in [0, 0.05) is 18.0 Å². The molecule has 0 spiro atoms. The number of amides is 3. The summed E-state index contributed by atoms with van der Waals surface area (Å²) in [7, 11) is 0. The smallest absolute Gasteiger partial charge is 0.333 e. The summed E-state index contributed by atoms with van der Waals surface area (Å²) >= 11 is 1.51. The highest BCUT2D eigenvalue weighted by Gasteiger charge is 2.00. The van der Waals surface area contributed by atoms with Gasteiger partial charge in [0.2, 0.25) is 0 Å². The predicted molar refractivity (Wildman–Crippen MR) is 75.5 cm³/mol. The number of carbonyl (C=O) groups is 2. The zero-order valence-corrected chi connectivity index (χ0v) is 11.8. The standard InChI is InChI=1S/C12H18N4O2S/c1-3-4-7-13-12(18)16-15-11(17)6-5-10-8-19-9(2)14-10/h5-6,8H,3-4,7H2,1-2H3,(H,15,17)(H2,13,16,18). The summed E-state index contributed by atoms with van der Waals surface area (Å²) in [4.78, 5) is 26.8. The van der Waals surface area contributed by atoms with Gasteiger partial charge in [-0.05, 0) is 19.4 Å². The van der Waals surface area contributed by atoms with Crippen LogP contribution in [0.25, 0.3) is 6.08 Å². The number of nitrogens with one attached hydrogen (secondary N) is 3. The molecule has 0 unspecified atom stereocenters. The molecule has 7 heteroatoms. The Kier molecular flexibility index (Phi) is 6.59. The van der Waals surface area contributed by atoms with E-state index < -0.39 is 11.9 Å². The van der Waals surface area contributed by atoms with Crippen LogP contribution in [0.4, 0.5) is 4.79 Å². The molecule has 1 heterocycles. The van der Waals surface area contributed by atoms with Gasteiger partial charge in [0.25, 0.3) is 5.91 Å². The van der Waals surface area contributed by atoms with Crippen LogP contribution in [0.1, 0.15) is 30.5 Å². The molecule has 3 N–H and O–H groups in total. The van der Waals surface area contributed by atoms with Crippen LogP contribution in [0, 0.1) is 6.92 Å². The van der Waals surface area contributed by atoms with Crippen molar-refractivity contribution >= 4 is 29.4 Å². The molecule has 3 amide bonds. The second-order valence-corrected chi connectivity index (χ2v) is 4.91.